The summed E-state index contributed by atoms with van der Waals surface area (Å²) in [5, 5.41) is 25.3. The number of Topliss-reactive ketones (excluding diaryl/α,β-unsaturated/α-hetero) is 1. The average Bonchev–Trinajstić information content (AvgIpc) is 3.16. The third-order valence-corrected chi connectivity index (χ3v) is 6.25. The van der Waals surface area contributed by atoms with Crippen molar-refractivity contribution >= 4 is 29.2 Å². The first-order valence-corrected chi connectivity index (χ1v) is 11.7. The predicted octanol–water partition coefficient (Wildman–Crippen LogP) is 3.64. The number of hydrogen-bond acceptors (Lipinski definition) is 5. The number of benzene rings is 1. The van der Waals surface area contributed by atoms with Gasteiger partial charge in [-0.3, -0.25) is 14.4 Å². The van der Waals surface area contributed by atoms with Crippen LogP contribution in [0.3, 0.4) is 0 Å². The number of carbonyl (C=O) groups excluding carboxylic acids is 3. The number of amides is 2. The minimum atomic E-state index is -5.15. The summed E-state index contributed by atoms with van der Waals surface area (Å²) < 4.78 is 41.5. The molecule has 2 rings (SSSR count). The molecule has 35 heavy (non-hydrogen) atoms. The van der Waals surface area contributed by atoms with Gasteiger partial charge in [-0.1, -0.05) is 37.6 Å². The van der Waals surface area contributed by atoms with E-state index in [2.05, 4.69) is 10.6 Å². The lowest BCUT2D eigenvalue weighted by molar-refractivity contribution is -0.267. The maximum atomic E-state index is 13.8. The van der Waals surface area contributed by atoms with Crippen LogP contribution in [0.2, 0.25) is 5.02 Å². The van der Waals surface area contributed by atoms with Crippen molar-refractivity contribution in [2.75, 3.05) is 6.54 Å². The van der Waals surface area contributed by atoms with Gasteiger partial charge in [0.25, 0.3) is 0 Å². The van der Waals surface area contributed by atoms with Crippen LogP contribution in [0.1, 0.15) is 51.5 Å². The minimum absolute atomic E-state index is 0.0718. The van der Waals surface area contributed by atoms with Gasteiger partial charge in [-0.15, -0.1) is 0 Å². The Balaban J connectivity index is 2.15. The molecule has 1 heterocycles. The van der Waals surface area contributed by atoms with Gasteiger partial charge in [0.05, 0.1) is 6.07 Å². The van der Waals surface area contributed by atoms with Crippen molar-refractivity contribution in [2.45, 2.75) is 63.8 Å². The molecule has 1 aromatic rings. The highest BCUT2D eigenvalue weighted by atomic mass is 35.5. The van der Waals surface area contributed by atoms with Crippen molar-refractivity contribution < 1.29 is 32.7 Å². The van der Waals surface area contributed by atoms with Crippen LogP contribution in [0, 0.1) is 29.1 Å². The van der Waals surface area contributed by atoms with E-state index in [1.807, 2.05) is 6.07 Å². The molecule has 0 aliphatic carbocycles. The summed E-state index contributed by atoms with van der Waals surface area (Å²) in [6.45, 7) is 4.06. The van der Waals surface area contributed by atoms with Gasteiger partial charge < -0.3 is 15.7 Å². The Hall–Kier alpha value is -2.64. The van der Waals surface area contributed by atoms with Crippen LogP contribution in [0.15, 0.2) is 24.3 Å². The molecule has 4 atom stereocenters. The predicted molar refractivity (Wildman–Crippen MR) is 122 cm³/mol. The summed E-state index contributed by atoms with van der Waals surface area (Å²) in [7, 11) is 0. The van der Waals surface area contributed by atoms with E-state index in [-0.39, 0.29) is 29.7 Å². The van der Waals surface area contributed by atoms with E-state index in [4.69, 9.17) is 11.6 Å². The van der Waals surface area contributed by atoms with Crippen molar-refractivity contribution in [3.63, 3.8) is 0 Å². The maximum Gasteiger partial charge on any atom is 0.421 e. The van der Waals surface area contributed by atoms with Crippen molar-refractivity contribution in [2.24, 2.45) is 17.8 Å². The maximum absolute atomic E-state index is 13.8. The molecule has 11 heteroatoms. The summed E-state index contributed by atoms with van der Waals surface area (Å²) in [4.78, 5) is 37.4. The quantitative estimate of drug-likeness (QED) is 0.416. The Labute approximate surface area is 207 Å². The van der Waals surface area contributed by atoms with Crippen molar-refractivity contribution in [1.29, 1.82) is 5.26 Å². The largest absolute Gasteiger partial charge is 0.421 e. The fourth-order valence-corrected chi connectivity index (χ4v) is 4.29. The molecule has 1 aromatic carbocycles. The number of nitriles is 1. The Morgan fingerprint density at radius 2 is 1.91 bits per heavy atom. The number of nitrogens with one attached hydrogen (secondary N) is 2. The lowest BCUT2D eigenvalue weighted by Gasteiger charge is -2.31. The zero-order chi connectivity index (χ0) is 26.4. The molecule has 0 aromatic heterocycles. The van der Waals surface area contributed by atoms with Crippen molar-refractivity contribution in [3.05, 3.63) is 34.9 Å². The molecule has 1 aliphatic heterocycles. The third-order valence-electron chi connectivity index (χ3n) is 6.00. The molecule has 0 unspecified atom stereocenters. The topological polar surface area (TPSA) is 119 Å². The van der Waals surface area contributed by atoms with Crippen LogP contribution in [0.4, 0.5) is 13.2 Å². The second-order valence-corrected chi connectivity index (χ2v) is 9.75. The Morgan fingerprint density at radius 1 is 1.29 bits per heavy atom. The first kappa shape index (κ1) is 28.6. The van der Waals surface area contributed by atoms with Crippen LogP contribution in [0.25, 0.3) is 0 Å². The van der Waals surface area contributed by atoms with E-state index in [0.717, 1.165) is 12.1 Å². The Morgan fingerprint density at radius 3 is 2.40 bits per heavy atom. The van der Waals surface area contributed by atoms with Crippen molar-refractivity contribution in [1.82, 2.24) is 10.6 Å². The van der Waals surface area contributed by atoms with E-state index in [0.29, 0.717) is 13.0 Å². The van der Waals surface area contributed by atoms with Gasteiger partial charge in [0, 0.05) is 36.2 Å². The number of nitrogens with zero attached hydrogens (tertiary/aromatic N) is 1. The second-order valence-electron chi connectivity index (χ2n) is 9.31. The standard InChI is InChI=1S/C24H29ClF3N3O4/c1-14(2)9-16(22(34)31-19(13-29)10-15-7-8-30-21(15)33)11-20(32)12-23(35,24(26,27)28)17-3-5-18(25)6-4-17/h3-6,14-16,19,35H,7-12H2,1-2H3,(H,30,33)(H,31,34)/t15-,16+,19-,23-/m0/s1. The SMILES string of the molecule is CC(C)C[C@H](CC(=O)C[C@](O)(c1ccc(Cl)cc1)C(F)(F)F)C(=O)N[C@H](C#N)C[C@@H]1CCNC1=O. The number of rotatable bonds is 11. The number of halogens is 4. The molecule has 1 aliphatic rings. The fourth-order valence-electron chi connectivity index (χ4n) is 4.16. The zero-order valence-corrected chi connectivity index (χ0v) is 20.2. The van der Waals surface area contributed by atoms with Gasteiger partial charge >= 0.3 is 6.18 Å². The Kier molecular flexibility index (Phi) is 9.69. The zero-order valence-electron chi connectivity index (χ0n) is 19.5. The first-order chi connectivity index (χ1) is 16.3. The molecule has 0 bridgehead atoms. The summed E-state index contributed by atoms with van der Waals surface area (Å²) in [6, 6.07) is 5.30. The molecule has 2 amide bonds. The summed E-state index contributed by atoms with van der Waals surface area (Å²) in [6.07, 6.45) is -6.16. The number of ketones is 1. The molecule has 0 radical (unpaired) electrons. The van der Waals surface area contributed by atoms with Gasteiger partial charge in [-0.05, 0) is 42.9 Å². The van der Waals surface area contributed by atoms with Gasteiger partial charge in [0.2, 0.25) is 11.8 Å². The molecule has 1 saturated heterocycles. The van der Waals surface area contributed by atoms with Crippen LogP contribution >= 0.6 is 11.6 Å². The van der Waals surface area contributed by atoms with Gasteiger partial charge in [0.1, 0.15) is 11.8 Å². The minimum Gasteiger partial charge on any atom is -0.376 e. The number of carbonyl (C=O) groups is 3. The molecular formula is C24H29ClF3N3O4. The fraction of sp³-hybridized carbons (Fsp3) is 0.583. The summed E-state index contributed by atoms with van der Waals surface area (Å²) in [5.41, 5.74) is -3.98. The van der Waals surface area contributed by atoms with Crippen LogP contribution in [-0.4, -0.2) is 41.5 Å². The summed E-state index contributed by atoms with van der Waals surface area (Å²) >= 11 is 5.73. The third kappa shape index (κ3) is 7.67. The normalized spacial score (nSPS) is 19.4. The number of alkyl halides is 3. The number of hydrogen-bond donors (Lipinski definition) is 3. The second kappa shape index (κ2) is 11.9. The van der Waals surface area contributed by atoms with Gasteiger partial charge in [-0.2, -0.15) is 18.4 Å². The van der Waals surface area contributed by atoms with E-state index in [9.17, 15) is 37.9 Å². The van der Waals surface area contributed by atoms with Crippen molar-refractivity contribution in [3.8, 4) is 6.07 Å². The molecule has 192 valence electrons. The molecule has 3 N–H and O–H groups in total. The highest BCUT2D eigenvalue weighted by Gasteiger charge is 2.56. The lowest BCUT2D eigenvalue weighted by atomic mass is 9.84. The van der Waals surface area contributed by atoms with E-state index in [1.165, 1.54) is 12.1 Å². The van der Waals surface area contributed by atoms with E-state index < -0.39 is 59.8 Å². The first-order valence-electron chi connectivity index (χ1n) is 11.3. The number of aliphatic hydroxyl groups is 1. The Bertz CT molecular complexity index is 962. The molecule has 7 nitrogen and oxygen atoms in total. The highest BCUT2D eigenvalue weighted by molar-refractivity contribution is 6.30. The van der Waals surface area contributed by atoms with E-state index >= 15 is 0 Å². The molecule has 0 saturated carbocycles. The molecule has 1 fully saturated rings. The highest BCUT2D eigenvalue weighted by Crippen LogP contribution is 2.42. The van der Waals surface area contributed by atoms with Crippen LogP contribution < -0.4 is 10.6 Å². The van der Waals surface area contributed by atoms with Crippen LogP contribution in [-0.2, 0) is 20.0 Å². The monoisotopic (exact) mass is 515 g/mol. The van der Waals surface area contributed by atoms with Crippen LogP contribution in [0.5, 0.6) is 0 Å². The summed E-state index contributed by atoms with van der Waals surface area (Å²) in [5.74, 6) is -3.31. The molecular weight excluding hydrogens is 487 g/mol. The lowest BCUT2D eigenvalue weighted by Crippen LogP contribution is -2.45. The smallest absolute Gasteiger partial charge is 0.376 e. The average molecular weight is 516 g/mol. The van der Waals surface area contributed by atoms with Gasteiger partial charge in [-0.25, -0.2) is 0 Å². The van der Waals surface area contributed by atoms with Gasteiger partial charge in [0.15, 0.2) is 5.60 Å². The van der Waals surface area contributed by atoms with E-state index in [1.54, 1.807) is 13.8 Å². The molecule has 0 spiro atoms.